The first-order valence-electron chi connectivity index (χ1n) is 8.53. The van der Waals surface area contributed by atoms with E-state index in [1.54, 1.807) is 12.1 Å². The van der Waals surface area contributed by atoms with Crippen LogP contribution >= 0.6 is 0 Å². The van der Waals surface area contributed by atoms with Crippen LogP contribution in [0.2, 0.25) is 0 Å². The predicted molar refractivity (Wildman–Crippen MR) is 84.8 cm³/mol. The Morgan fingerprint density at radius 3 is 2.67 bits per heavy atom. The standard InChI is InChI=1S/C18H27FN2/c1-2-18(16-8-3-4-9-17(16)19)21(15-10-11-15)13-14-7-5-6-12-20-14/h3-4,8-9,14-15,18,20H,2,5-7,10-13H2,1H3. The fraction of sp³-hybridized carbons (Fsp3) is 0.667. The maximum atomic E-state index is 14.2. The molecule has 0 bridgehead atoms. The number of hydrogen-bond acceptors (Lipinski definition) is 2. The van der Waals surface area contributed by atoms with E-state index in [9.17, 15) is 4.39 Å². The van der Waals surface area contributed by atoms with Crippen LogP contribution in [-0.2, 0) is 0 Å². The van der Waals surface area contributed by atoms with Crippen LogP contribution in [0.4, 0.5) is 4.39 Å². The molecular formula is C18H27FN2. The maximum Gasteiger partial charge on any atom is 0.127 e. The lowest BCUT2D eigenvalue weighted by Crippen LogP contribution is -2.45. The first-order chi connectivity index (χ1) is 10.3. The zero-order chi connectivity index (χ0) is 14.7. The molecule has 0 aromatic heterocycles. The van der Waals surface area contributed by atoms with E-state index in [2.05, 4.69) is 17.1 Å². The average molecular weight is 290 g/mol. The third kappa shape index (κ3) is 3.64. The highest BCUT2D eigenvalue weighted by molar-refractivity contribution is 5.22. The summed E-state index contributed by atoms with van der Waals surface area (Å²) in [6, 6.07) is 8.79. The number of hydrogen-bond donors (Lipinski definition) is 1. The third-order valence-electron chi connectivity index (χ3n) is 4.91. The Morgan fingerprint density at radius 1 is 1.24 bits per heavy atom. The molecule has 3 rings (SSSR count). The molecule has 2 atom stereocenters. The molecule has 21 heavy (non-hydrogen) atoms. The Kier molecular flexibility index (Phi) is 4.91. The number of halogens is 1. The monoisotopic (exact) mass is 290 g/mol. The molecular weight excluding hydrogens is 263 g/mol. The van der Waals surface area contributed by atoms with Crippen molar-refractivity contribution in [1.82, 2.24) is 10.2 Å². The molecule has 1 aliphatic carbocycles. The summed E-state index contributed by atoms with van der Waals surface area (Å²) >= 11 is 0. The minimum absolute atomic E-state index is 0.0494. The Bertz CT molecular complexity index is 452. The van der Waals surface area contributed by atoms with Crippen molar-refractivity contribution in [2.24, 2.45) is 0 Å². The molecule has 3 heteroatoms. The van der Waals surface area contributed by atoms with Crippen molar-refractivity contribution in [2.45, 2.75) is 63.6 Å². The minimum atomic E-state index is -0.0494. The van der Waals surface area contributed by atoms with Crippen LogP contribution in [-0.4, -0.2) is 30.1 Å². The van der Waals surface area contributed by atoms with Gasteiger partial charge in [0.25, 0.3) is 0 Å². The topological polar surface area (TPSA) is 15.3 Å². The molecule has 1 saturated heterocycles. The van der Waals surface area contributed by atoms with Crippen LogP contribution in [0.3, 0.4) is 0 Å². The van der Waals surface area contributed by atoms with Gasteiger partial charge in [0, 0.05) is 30.2 Å². The summed E-state index contributed by atoms with van der Waals surface area (Å²) < 4.78 is 14.2. The van der Waals surface area contributed by atoms with Crippen molar-refractivity contribution in [3.8, 4) is 0 Å². The Balaban J connectivity index is 1.76. The van der Waals surface area contributed by atoms with Crippen LogP contribution in [0.1, 0.15) is 57.1 Å². The normalized spacial score (nSPS) is 24.2. The van der Waals surface area contributed by atoms with E-state index in [-0.39, 0.29) is 11.9 Å². The zero-order valence-electron chi connectivity index (χ0n) is 13.0. The van der Waals surface area contributed by atoms with Gasteiger partial charge < -0.3 is 5.32 Å². The van der Waals surface area contributed by atoms with Gasteiger partial charge >= 0.3 is 0 Å². The predicted octanol–water partition coefficient (Wildman–Crippen LogP) is 3.88. The van der Waals surface area contributed by atoms with Crippen LogP contribution < -0.4 is 5.32 Å². The van der Waals surface area contributed by atoms with E-state index in [1.165, 1.54) is 32.1 Å². The van der Waals surface area contributed by atoms with Gasteiger partial charge in [0.05, 0.1) is 0 Å². The highest BCUT2D eigenvalue weighted by Crippen LogP contribution is 2.37. The summed E-state index contributed by atoms with van der Waals surface area (Å²) in [7, 11) is 0. The molecule has 0 spiro atoms. The van der Waals surface area contributed by atoms with Crippen LogP contribution in [0.5, 0.6) is 0 Å². The molecule has 0 radical (unpaired) electrons. The van der Waals surface area contributed by atoms with E-state index in [0.29, 0.717) is 12.1 Å². The second-order valence-corrected chi connectivity index (χ2v) is 6.52. The molecule has 2 unspecified atom stereocenters. The molecule has 2 aliphatic rings. The van der Waals surface area contributed by atoms with Crippen molar-refractivity contribution in [3.05, 3.63) is 35.6 Å². The largest absolute Gasteiger partial charge is 0.313 e. The molecule has 2 nitrogen and oxygen atoms in total. The highest BCUT2D eigenvalue weighted by atomic mass is 19.1. The second-order valence-electron chi connectivity index (χ2n) is 6.52. The molecule has 2 fully saturated rings. The summed E-state index contributed by atoms with van der Waals surface area (Å²) in [5.74, 6) is -0.0494. The molecule has 1 heterocycles. The fourth-order valence-corrected chi connectivity index (χ4v) is 3.65. The van der Waals surface area contributed by atoms with Gasteiger partial charge in [-0.05, 0) is 44.7 Å². The van der Waals surface area contributed by atoms with Crippen LogP contribution in [0, 0.1) is 5.82 Å². The zero-order valence-corrected chi connectivity index (χ0v) is 13.0. The number of nitrogens with zero attached hydrogens (tertiary/aromatic N) is 1. The van der Waals surface area contributed by atoms with Crippen molar-refractivity contribution >= 4 is 0 Å². The van der Waals surface area contributed by atoms with Crippen molar-refractivity contribution in [3.63, 3.8) is 0 Å². The second kappa shape index (κ2) is 6.89. The van der Waals surface area contributed by atoms with Gasteiger partial charge in [-0.15, -0.1) is 0 Å². The minimum Gasteiger partial charge on any atom is -0.313 e. The summed E-state index contributed by atoms with van der Waals surface area (Å²) in [5, 5.41) is 3.64. The van der Waals surface area contributed by atoms with Gasteiger partial charge in [-0.1, -0.05) is 31.5 Å². The lowest BCUT2D eigenvalue weighted by Gasteiger charge is -2.36. The number of benzene rings is 1. The molecule has 1 saturated carbocycles. The molecule has 1 aromatic rings. The quantitative estimate of drug-likeness (QED) is 0.855. The molecule has 0 amide bonds. The smallest absolute Gasteiger partial charge is 0.127 e. The first-order valence-corrected chi connectivity index (χ1v) is 8.53. The molecule has 116 valence electrons. The van der Waals surface area contributed by atoms with Gasteiger partial charge in [-0.2, -0.15) is 0 Å². The molecule has 1 N–H and O–H groups in total. The summed E-state index contributed by atoms with van der Waals surface area (Å²) in [6.07, 6.45) is 7.41. The van der Waals surface area contributed by atoms with Crippen LogP contribution in [0.25, 0.3) is 0 Å². The Hall–Kier alpha value is -0.930. The van der Waals surface area contributed by atoms with E-state index in [4.69, 9.17) is 0 Å². The summed E-state index contributed by atoms with van der Waals surface area (Å²) in [4.78, 5) is 2.57. The lowest BCUT2D eigenvalue weighted by molar-refractivity contribution is 0.149. The van der Waals surface area contributed by atoms with Gasteiger partial charge in [-0.3, -0.25) is 4.90 Å². The van der Waals surface area contributed by atoms with E-state index >= 15 is 0 Å². The number of nitrogens with one attached hydrogen (secondary N) is 1. The van der Waals surface area contributed by atoms with Gasteiger partial charge in [0.1, 0.15) is 5.82 Å². The third-order valence-corrected chi connectivity index (χ3v) is 4.91. The van der Waals surface area contributed by atoms with Crippen LogP contribution in [0.15, 0.2) is 24.3 Å². The summed E-state index contributed by atoms with van der Waals surface area (Å²) in [5.41, 5.74) is 0.878. The SMILES string of the molecule is CCC(c1ccccc1F)N(CC1CCCCN1)C1CC1. The number of rotatable bonds is 6. The maximum absolute atomic E-state index is 14.2. The fourth-order valence-electron chi connectivity index (χ4n) is 3.65. The average Bonchev–Trinajstić information content (AvgIpc) is 3.34. The lowest BCUT2D eigenvalue weighted by atomic mass is 9.99. The van der Waals surface area contributed by atoms with E-state index < -0.39 is 0 Å². The van der Waals surface area contributed by atoms with Gasteiger partial charge in [-0.25, -0.2) is 4.39 Å². The highest BCUT2D eigenvalue weighted by Gasteiger charge is 2.36. The Labute approximate surface area is 127 Å². The molecule has 1 aliphatic heterocycles. The van der Waals surface area contributed by atoms with Crippen molar-refractivity contribution in [2.75, 3.05) is 13.1 Å². The van der Waals surface area contributed by atoms with E-state index in [0.717, 1.165) is 25.1 Å². The first kappa shape index (κ1) is 15.0. The molecule has 1 aromatic carbocycles. The van der Waals surface area contributed by atoms with Crippen molar-refractivity contribution in [1.29, 1.82) is 0 Å². The Morgan fingerprint density at radius 2 is 2.05 bits per heavy atom. The van der Waals surface area contributed by atoms with Gasteiger partial charge in [0.2, 0.25) is 0 Å². The number of piperidine rings is 1. The van der Waals surface area contributed by atoms with Gasteiger partial charge in [0.15, 0.2) is 0 Å². The van der Waals surface area contributed by atoms with E-state index in [1.807, 2.05) is 12.1 Å². The summed E-state index contributed by atoms with van der Waals surface area (Å²) in [6.45, 7) is 4.39. The van der Waals surface area contributed by atoms with Crippen molar-refractivity contribution < 1.29 is 4.39 Å².